The molecule has 0 N–H and O–H groups in total. The van der Waals surface area contributed by atoms with E-state index in [1.165, 1.54) is 0 Å². The highest BCUT2D eigenvalue weighted by molar-refractivity contribution is 6.29. The molecule has 0 saturated carbocycles. The number of ether oxygens (including phenoxy) is 1. The van der Waals surface area contributed by atoms with E-state index in [-0.39, 0.29) is 0 Å². The molecule has 0 amide bonds. The highest BCUT2D eigenvalue weighted by Crippen LogP contribution is 2.25. The van der Waals surface area contributed by atoms with Crippen LogP contribution in [0.3, 0.4) is 0 Å². The summed E-state index contributed by atoms with van der Waals surface area (Å²) in [4.78, 5) is 4.18. The van der Waals surface area contributed by atoms with E-state index in [0.717, 1.165) is 0 Å². The molecule has 2 aromatic rings. The molecule has 0 spiro atoms. The molecule has 0 unspecified atom stereocenters. The lowest BCUT2D eigenvalue weighted by Gasteiger charge is -2.04. The van der Waals surface area contributed by atoms with Crippen molar-refractivity contribution in [2.75, 3.05) is 7.11 Å². The van der Waals surface area contributed by atoms with Gasteiger partial charge in [0.05, 0.1) is 7.11 Å². The Morgan fingerprint density at radius 2 is 2.07 bits per heavy atom. The number of nitrogens with zero attached hydrogens (tertiary/aromatic N) is 3. The molecule has 2 aromatic heterocycles. The van der Waals surface area contributed by atoms with Gasteiger partial charge in [-0.25, -0.2) is 0 Å². The minimum Gasteiger partial charge on any atom is -0.494 e. The standard InChI is InChI=1S/C10H8ClN3O/c1-15-8-3-2-6-12-10(8)7-4-5-9(11)14-13-7/h2-6H,1H3. The Morgan fingerprint density at radius 1 is 1.20 bits per heavy atom. The van der Waals surface area contributed by atoms with E-state index in [2.05, 4.69) is 15.2 Å². The zero-order chi connectivity index (χ0) is 10.7. The van der Waals surface area contributed by atoms with Crippen LogP contribution in [-0.2, 0) is 0 Å². The molecule has 0 atom stereocenters. The Kier molecular flexibility index (Phi) is 2.78. The van der Waals surface area contributed by atoms with Gasteiger partial charge >= 0.3 is 0 Å². The maximum atomic E-state index is 5.65. The summed E-state index contributed by atoms with van der Waals surface area (Å²) in [6, 6.07) is 7.03. The second-order valence-corrected chi connectivity index (χ2v) is 3.18. The molecule has 15 heavy (non-hydrogen) atoms. The van der Waals surface area contributed by atoms with Crippen molar-refractivity contribution < 1.29 is 4.74 Å². The first-order valence-electron chi connectivity index (χ1n) is 4.30. The topological polar surface area (TPSA) is 47.9 Å². The van der Waals surface area contributed by atoms with Gasteiger partial charge in [0.15, 0.2) is 5.15 Å². The molecular weight excluding hydrogens is 214 g/mol. The van der Waals surface area contributed by atoms with Crippen LogP contribution in [0, 0.1) is 0 Å². The minimum absolute atomic E-state index is 0.355. The van der Waals surface area contributed by atoms with Gasteiger partial charge in [0.1, 0.15) is 17.1 Å². The number of halogens is 1. The van der Waals surface area contributed by atoms with Crippen LogP contribution >= 0.6 is 11.6 Å². The first-order chi connectivity index (χ1) is 7.31. The highest BCUT2D eigenvalue weighted by atomic mass is 35.5. The van der Waals surface area contributed by atoms with Crippen molar-refractivity contribution in [2.24, 2.45) is 0 Å². The van der Waals surface area contributed by atoms with Gasteiger partial charge in [-0.1, -0.05) is 11.6 Å². The Bertz CT molecular complexity index is 458. The molecule has 0 aromatic carbocycles. The summed E-state index contributed by atoms with van der Waals surface area (Å²) in [6.45, 7) is 0. The lowest BCUT2D eigenvalue weighted by atomic mass is 10.2. The van der Waals surface area contributed by atoms with Crippen LogP contribution in [0.15, 0.2) is 30.5 Å². The van der Waals surface area contributed by atoms with Crippen LogP contribution in [0.2, 0.25) is 5.15 Å². The van der Waals surface area contributed by atoms with E-state index >= 15 is 0 Å². The average Bonchev–Trinajstić information content (AvgIpc) is 2.30. The molecule has 0 fully saturated rings. The summed E-state index contributed by atoms with van der Waals surface area (Å²) >= 11 is 5.65. The van der Waals surface area contributed by atoms with Gasteiger partial charge in [-0.2, -0.15) is 0 Å². The van der Waals surface area contributed by atoms with Crippen LogP contribution in [-0.4, -0.2) is 22.3 Å². The minimum atomic E-state index is 0.355. The van der Waals surface area contributed by atoms with Crippen molar-refractivity contribution in [3.63, 3.8) is 0 Å². The van der Waals surface area contributed by atoms with Crippen LogP contribution in [0.25, 0.3) is 11.4 Å². The van der Waals surface area contributed by atoms with Crippen molar-refractivity contribution in [2.45, 2.75) is 0 Å². The maximum Gasteiger partial charge on any atom is 0.151 e. The zero-order valence-electron chi connectivity index (χ0n) is 8.01. The summed E-state index contributed by atoms with van der Waals surface area (Å²) < 4.78 is 5.17. The number of rotatable bonds is 2. The first-order valence-corrected chi connectivity index (χ1v) is 4.67. The van der Waals surface area contributed by atoms with Crippen LogP contribution in [0.4, 0.5) is 0 Å². The summed E-state index contributed by atoms with van der Waals surface area (Å²) in [5, 5.41) is 8.04. The summed E-state index contributed by atoms with van der Waals surface area (Å²) in [5.74, 6) is 0.661. The van der Waals surface area contributed by atoms with Crippen molar-refractivity contribution in [3.05, 3.63) is 35.6 Å². The molecule has 4 nitrogen and oxygen atoms in total. The Labute approximate surface area is 91.9 Å². The van der Waals surface area contributed by atoms with Gasteiger partial charge in [-0.05, 0) is 24.3 Å². The highest BCUT2D eigenvalue weighted by Gasteiger charge is 2.07. The lowest BCUT2D eigenvalue weighted by molar-refractivity contribution is 0.414. The van der Waals surface area contributed by atoms with E-state index in [1.54, 1.807) is 31.5 Å². The van der Waals surface area contributed by atoms with E-state index in [4.69, 9.17) is 16.3 Å². The molecule has 76 valence electrons. The zero-order valence-corrected chi connectivity index (χ0v) is 8.77. The smallest absolute Gasteiger partial charge is 0.151 e. The fraction of sp³-hybridized carbons (Fsp3) is 0.100. The molecule has 0 aliphatic heterocycles. The molecule has 0 saturated heterocycles. The first kappa shape index (κ1) is 9.86. The van der Waals surface area contributed by atoms with Gasteiger partial charge in [-0.3, -0.25) is 4.98 Å². The predicted molar refractivity (Wildman–Crippen MR) is 56.8 cm³/mol. The van der Waals surface area contributed by atoms with E-state index in [0.29, 0.717) is 22.3 Å². The Morgan fingerprint density at radius 3 is 2.73 bits per heavy atom. The molecule has 0 aliphatic carbocycles. The van der Waals surface area contributed by atoms with Gasteiger partial charge < -0.3 is 4.74 Å². The van der Waals surface area contributed by atoms with Crippen LogP contribution in [0.5, 0.6) is 5.75 Å². The SMILES string of the molecule is COc1cccnc1-c1ccc(Cl)nn1. The fourth-order valence-electron chi connectivity index (χ4n) is 1.19. The third-order valence-electron chi connectivity index (χ3n) is 1.87. The predicted octanol–water partition coefficient (Wildman–Crippen LogP) is 2.20. The number of methoxy groups -OCH3 is 1. The molecule has 0 bridgehead atoms. The summed E-state index contributed by atoms with van der Waals surface area (Å²) in [5.41, 5.74) is 1.29. The summed E-state index contributed by atoms with van der Waals surface area (Å²) in [6.07, 6.45) is 1.67. The summed E-state index contributed by atoms with van der Waals surface area (Å²) in [7, 11) is 1.59. The van der Waals surface area contributed by atoms with E-state index in [9.17, 15) is 0 Å². The average molecular weight is 222 g/mol. The van der Waals surface area contributed by atoms with Crippen molar-refractivity contribution in [1.29, 1.82) is 0 Å². The fourth-order valence-corrected chi connectivity index (χ4v) is 1.29. The van der Waals surface area contributed by atoms with E-state index in [1.807, 2.05) is 6.07 Å². The van der Waals surface area contributed by atoms with Gasteiger partial charge in [0.25, 0.3) is 0 Å². The van der Waals surface area contributed by atoms with E-state index < -0.39 is 0 Å². The molecule has 0 aliphatic rings. The van der Waals surface area contributed by atoms with Crippen molar-refractivity contribution >= 4 is 11.6 Å². The second kappa shape index (κ2) is 4.23. The van der Waals surface area contributed by atoms with Crippen LogP contribution < -0.4 is 4.74 Å². The molecule has 2 rings (SSSR count). The molecular formula is C10H8ClN3O. The third kappa shape index (κ3) is 2.05. The van der Waals surface area contributed by atoms with Crippen LogP contribution in [0.1, 0.15) is 0 Å². The second-order valence-electron chi connectivity index (χ2n) is 2.80. The number of hydrogen-bond donors (Lipinski definition) is 0. The van der Waals surface area contributed by atoms with Gasteiger partial charge in [0.2, 0.25) is 0 Å². The molecule has 0 radical (unpaired) electrons. The normalized spacial score (nSPS) is 10.0. The number of hydrogen-bond acceptors (Lipinski definition) is 4. The molecule has 2 heterocycles. The number of aromatic nitrogens is 3. The Hall–Kier alpha value is -1.68. The van der Waals surface area contributed by atoms with Crippen molar-refractivity contribution in [1.82, 2.24) is 15.2 Å². The van der Waals surface area contributed by atoms with Gasteiger partial charge in [-0.15, -0.1) is 10.2 Å². The third-order valence-corrected chi connectivity index (χ3v) is 2.07. The monoisotopic (exact) mass is 221 g/mol. The Balaban J connectivity index is 2.49. The lowest BCUT2D eigenvalue weighted by Crippen LogP contribution is -1.94. The number of pyridine rings is 1. The van der Waals surface area contributed by atoms with Gasteiger partial charge in [0, 0.05) is 6.20 Å². The van der Waals surface area contributed by atoms with Crippen molar-refractivity contribution in [3.8, 4) is 17.1 Å². The molecule has 5 heteroatoms. The quantitative estimate of drug-likeness (QED) is 0.780. The maximum absolute atomic E-state index is 5.65. The largest absolute Gasteiger partial charge is 0.494 e.